The lowest BCUT2D eigenvalue weighted by molar-refractivity contribution is 0.372. The van der Waals surface area contributed by atoms with Gasteiger partial charge in [-0.1, -0.05) is 65.2 Å². The zero-order valence-corrected chi connectivity index (χ0v) is 10.6. The van der Waals surface area contributed by atoms with E-state index in [0.717, 1.165) is 12.8 Å². The average Bonchev–Trinajstić information content (AvgIpc) is 2.38. The van der Waals surface area contributed by atoms with Crippen LogP contribution in [0.3, 0.4) is 0 Å². The Morgan fingerprint density at radius 2 is 1.80 bits per heavy atom. The Balaban J connectivity index is 0.000000921. The van der Waals surface area contributed by atoms with Crippen molar-refractivity contribution in [2.45, 2.75) is 40.5 Å². The second-order valence-corrected chi connectivity index (χ2v) is 4.34. The standard InChI is InChI=1S/C13H18.C2H6/c1-5-11-8-7-9-13(3,4)10-12(11)6-2;1-2/h5-8H,1-2,9-10H2,3-4H3;1-2H3. The van der Waals surface area contributed by atoms with Gasteiger partial charge in [-0.25, -0.2) is 0 Å². The van der Waals surface area contributed by atoms with Gasteiger partial charge < -0.3 is 0 Å². The van der Waals surface area contributed by atoms with Crippen molar-refractivity contribution < 1.29 is 0 Å². The summed E-state index contributed by atoms with van der Waals surface area (Å²) in [6.45, 7) is 16.2. The highest BCUT2D eigenvalue weighted by Gasteiger charge is 2.20. The van der Waals surface area contributed by atoms with Crippen LogP contribution < -0.4 is 0 Å². The van der Waals surface area contributed by atoms with Gasteiger partial charge in [0.2, 0.25) is 0 Å². The Labute approximate surface area is 95.1 Å². The van der Waals surface area contributed by atoms with E-state index in [2.05, 4.69) is 39.2 Å². The third-order valence-corrected chi connectivity index (χ3v) is 2.47. The molecule has 0 saturated carbocycles. The van der Waals surface area contributed by atoms with Gasteiger partial charge in [0.05, 0.1) is 0 Å². The van der Waals surface area contributed by atoms with E-state index >= 15 is 0 Å². The van der Waals surface area contributed by atoms with Gasteiger partial charge in [0, 0.05) is 0 Å². The van der Waals surface area contributed by atoms with E-state index in [1.54, 1.807) is 0 Å². The van der Waals surface area contributed by atoms with Crippen molar-refractivity contribution in [3.05, 3.63) is 48.6 Å². The third-order valence-electron chi connectivity index (χ3n) is 2.47. The van der Waals surface area contributed by atoms with E-state index in [0.29, 0.717) is 5.41 Å². The summed E-state index contributed by atoms with van der Waals surface area (Å²) >= 11 is 0. The normalized spacial score (nSPS) is 18.7. The van der Waals surface area contributed by atoms with Crippen molar-refractivity contribution in [2.24, 2.45) is 5.41 Å². The largest absolute Gasteiger partial charge is 0.0988 e. The highest BCUT2D eigenvalue weighted by atomic mass is 14.2. The van der Waals surface area contributed by atoms with E-state index in [1.165, 1.54) is 11.1 Å². The Morgan fingerprint density at radius 1 is 1.20 bits per heavy atom. The SMILES string of the molecule is C=CC1=C(C=C)CC(C)(C)CC=C1.CC. The summed E-state index contributed by atoms with van der Waals surface area (Å²) in [5.74, 6) is 0. The highest BCUT2D eigenvalue weighted by Crippen LogP contribution is 2.34. The van der Waals surface area contributed by atoms with Crippen LogP contribution in [-0.4, -0.2) is 0 Å². The number of hydrogen-bond donors (Lipinski definition) is 0. The summed E-state index contributed by atoms with van der Waals surface area (Å²) in [5.41, 5.74) is 2.89. The summed E-state index contributed by atoms with van der Waals surface area (Å²) in [5, 5.41) is 0. The van der Waals surface area contributed by atoms with Crippen LogP contribution >= 0.6 is 0 Å². The first kappa shape index (κ1) is 14.0. The quantitative estimate of drug-likeness (QED) is 0.590. The molecule has 0 amide bonds. The minimum Gasteiger partial charge on any atom is -0.0988 e. The van der Waals surface area contributed by atoms with Crippen molar-refractivity contribution in [1.82, 2.24) is 0 Å². The molecule has 0 nitrogen and oxygen atoms in total. The maximum absolute atomic E-state index is 3.85. The second-order valence-electron chi connectivity index (χ2n) is 4.34. The molecule has 0 aromatic rings. The zero-order valence-electron chi connectivity index (χ0n) is 10.6. The number of hydrogen-bond acceptors (Lipinski definition) is 0. The van der Waals surface area contributed by atoms with Gasteiger partial charge in [0.25, 0.3) is 0 Å². The first-order valence-corrected chi connectivity index (χ1v) is 5.73. The van der Waals surface area contributed by atoms with Crippen LogP contribution in [0.2, 0.25) is 0 Å². The van der Waals surface area contributed by atoms with E-state index in [9.17, 15) is 0 Å². The number of allylic oxidation sites excluding steroid dienone is 6. The molecule has 15 heavy (non-hydrogen) atoms. The summed E-state index contributed by atoms with van der Waals surface area (Å²) in [6, 6.07) is 0. The topological polar surface area (TPSA) is 0 Å². The van der Waals surface area contributed by atoms with Crippen LogP contribution in [0, 0.1) is 5.41 Å². The Hall–Kier alpha value is -1.04. The van der Waals surface area contributed by atoms with Gasteiger partial charge in [-0.3, -0.25) is 0 Å². The fourth-order valence-corrected chi connectivity index (χ4v) is 1.69. The van der Waals surface area contributed by atoms with Gasteiger partial charge >= 0.3 is 0 Å². The molecule has 0 N–H and O–H groups in total. The van der Waals surface area contributed by atoms with Gasteiger partial charge in [-0.15, -0.1) is 0 Å². The van der Waals surface area contributed by atoms with Crippen LogP contribution in [0.25, 0.3) is 0 Å². The first-order chi connectivity index (χ1) is 7.09. The molecule has 0 heteroatoms. The third kappa shape index (κ3) is 4.33. The summed E-state index contributed by atoms with van der Waals surface area (Å²) in [4.78, 5) is 0. The molecule has 0 atom stereocenters. The molecule has 0 heterocycles. The van der Waals surface area contributed by atoms with Crippen molar-refractivity contribution in [2.75, 3.05) is 0 Å². The molecule has 0 aromatic heterocycles. The predicted molar refractivity (Wildman–Crippen MR) is 70.9 cm³/mol. The Bertz CT molecular complexity index is 274. The average molecular weight is 204 g/mol. The molecule has 1 rings (SSSR count). The molecule has 1 aliphatic rings. The lowest BCUT2D eigenvalue weighted by Gasteiger charge is -2.22. The summed E-state index contributed by atoms with van der Waals surface area (Å²) < 4.78 is 0. The molecule has 0 unspecified atom stereocenters. The van der Waals surface area contributed by atoms with E-state index < -0.39 is 0 Å². The van der Waals surface area contributed by atoms with Crippen molar-refractivity contribution in [3.63, 3.8) is 0 Å². The fraction of sp³-hybridized carbons (Fsp3) is 0.467. The molecule has 0 saturated heterocycles. The van der Waals surface area contributed by atoms with Crippen LogP contribution in [0.5, 0.6) is 0 Å². The lowest BCUT2D eigenvalue weighted by Crippen LogP contribution is -2.09. The minimum atomic E-state index is 0.352. The van der Waals surface area contributed by atoms with Gasteiger partial charge in [-0.05, 0) is 29.4 Å². The molecule has 0 aliphatic heterocycles. The molecule has 0 fully saturated rings. The predicted octanol–water partition coefficient (Wildman–Crippen LogP) is 5.06. The smallest absolute Gasteiger partial charge is 0.0219 e. The molecule has 0 radical (unpaired) electrons. The van der Waals surface area contributed by atoms with Crippen molar-refractivity contribution >= 4 is 0 Å². The van der Waals surface area contributed by atoms with Crippen LogP contribution in [0.1, 0.15) is 40.5 Å². The first-order valence-electron chi connectivity index (χ1n) is 5.73. The molecule has 0 spiro atoms. The monoisotopic (exact) mass is 204 g/mol. The molecule has 0 bridgehead atoms. The second kappa shape index (κ2) is 6.44. The zero-order chi connectivity index (χ0) is 11.9. The van der Waals surface area contributed by atoms with Crippen LogP contribution in [-0.2, 0) is 0 Å². The van der Waals surface area contributed by atoms with Crippen molar-refractivity contribution in [1.29, 1.82) is 0 Å². The van der Waals surface area contributed by atoms with Crippen molar-refractivity contribution in [3.8, 4) is 0 Å². The summed E-state index contributed by atoms with van der Waals surface area (Å²) in [6.07, 6.45) is 10.5. The van der Waals surface area contributed by atoms with Crippen LogP contribution in [0.4, 0.5) is 0 Å². The number of rotatable bonds is 2. The Morgan fingerprint density at radius 3 is 2.27 bits per heavy atom. The maximum atomic E-state index is 3.85. The van der Waals surface area contributed by atoms with E-state index in [-0.39, 0.29) is 0 Å². The van der Waals surface area contributed by atoms with Gasteiger partial charge in [0.1, 0.15) is 0 Å². The molecule has 0 aromatic carbocycles. The Kier molecular flexibility index (Phi) is 6.00. The van der Waals surface area contributed by atoms with Gasteiger partial charge in [0.15, 0.2) is 0 Å². The summed E-state index contributed by atoms with van der Waals surface area (Å²) in [7, 11) is 0. The molecular weight excluding hydrogens is 180 g/mol. The van der Waals surface area contributed by atoms with E-state index in [4.69, 9.17) is 0 Å². The molecule has 1 aliphatic carbocycles. The van der Waals surface area contributed by atoms with Gasteiger partial charge in [-0.2, -0.15) is 0 Å². The molecular formula is C15H24. The lowest BCUT2D eigenvalue weighted by atomic mass is 9.83. The highest BCUT2D eigenvalue weighted by molar-refractivity contribution is 5.41. The maximum Gasteiger partial charge on any atom is -0.0219 e. The van der Waals surface area contributed by atoms with E-state index in [1.807, 2.05) is 26.0 Å². The molecule has 84 valence electrons. The minimum absolute atomic E-state index is 0.352. The fourth-order valence-electron chi connectivity index (χ4n) is 1.69. The van der Waals surface area contributed by atoms with Crippen LogP contribution in [0.15, 0.2) is 48.6 Å².